The molecule has 1 amide bonds. The maximum absolute atomic E-state index is 12.6. The Morgan fingerprint density at radius 1 is 1.21 bits per heavy atom. The molecule has 0 aliphatic carbocycles. The Kier molecular flexibility index (Phi) is 8.91. The topological polar surface area (TPSA) is 77.2 Å². The van der Waals surface area contributed by atoms with Gasteiger partial charge in [-0.05, 0) is 42.7 Å². The highest BCUT2D eigenvalue weighted by atomic mass is 35.5. The minimum absolute atomic E-state index is 0.0525. The van der Waals surface area contributed by atoms with E-state index in [1.807, 2.05) is 53.7 Å². The molecule has 0 radical (unpaired) electrons. The number of amides is 1. The molecule has 0 saturated carbocycles. The second-order valence-corrected chi connectivity index (χ2v) is 12.1. The minimum atomic E-state index is 0.0525. The number of nitrogens with one attached hydrogen (secondary N) is 2. The van der Waals surface area contributed by atoms with Gasteiger partial charge in [0.1, 0.15) is 0 Å². The first-order chi connectivity index (χ1) is 18.4. The zero-order valence-electron chi connectivity index (χ0n) is 20.9. The van der Waals surface area contributed by atoms with Gasteiger partial charge < -0.3 is 15.2 Å². The number of thiazole rings is 1. The van der Waals surface area contributed by atoms with Crippen LogP contribution in [0.4, 0.5) is 11.6 Å². The fourth-order valence-corrected chi connectivity index (χ4v) is 6.39. The number of imidazole rings is 1. The van der Waals surface area contributed by atoms with Gasteiger partial charge in [-0.1, -0.05) is 53.2 Å². The number of hydrogen-bond acceptors (Lipinski definition) is 7. The second kappa shape index (κ2) is 12.5. The van der Waals surface area contributed by atoms with Gasteiger partial charge in [-0.2, -0.15) is 0 Å². The standard InChI is InChI=1S/C27H28Cl2N6OS2/c1-34(26-30-9-10-31-26)21-4-2-3-19(14-21)24-16-37-27(33-24)38-17-25(36)32-20-7-11-35(12-8-20)15-18-5-6-22(28)23(29)13-18/h2-6,9-10,13-14,16,20H,7-8,11-12,15,17H2,1H3,(H,30,31)(H,32,36). The number of H-pyrrole nitrogens is 1. The molecule has 0 unspecified atom stereocenters. The number of likely N-dealkylation sites (tertiary alicyclic amines) is 1. The van der Waals surface area contributed by atoms with E-state index in [4.69, 9.17) is 28.2 Å². The Hall–Kier alpha value is -2.56. The minimum Gasteiger partial charge on any atom is -0.353 e. The molecule has 3 heterocycles. The summed E-state index contributed by atoms with van der Waals surface area (Å²) in [7, 11) is 1.97. The number of carbonyl (C=O) groups excluding carboxylic acids is 1. The first kappa shape index (κ1) is 27.0. The Morgan fingerprint density at radius 3 is 2.82 bits per heavy atom. The summed E-state index contributed by atoms with van der Waals surface area (Å²) in [6.45, 7) is 2.70. The van der Waals surface area contributed by atoms with E-state index in [0.29, 0.717) is 15.8 Å². The lowest BCUT2D eigenvalue weighted by Gasteiger charge is -2.32. The second-order valence-electron chi connectivity index (χ2n) is 9.18. The van der Waals surface area contributed by atoms with Crippen LogP contribution in [-0.4, -0.2) is 57.7 Å². The zero-order valence-corrected chi connectivity index (χ0v) is 24.0. The van der Waals surface area contributed by atoms with Crippen LogP contribution in [0.3, 0.4) is 0 Å². The van der Waals surface area contributed by atoms with Crippen LogP contribution in [0, 0.1) is 0 Å². The predicted molar refractivity (Wildman–Crippen MR) is 158 cm³/mol. The largest absolute Gasteiger partial charge is 0.353 e. The van der Waals surface area contributed by atoms with Gasteiger partial charge in [0.25, 0.3) is 0 Å². The summed E-state index contributed by atoms with van der Waals surface area (Å²) in [6, 6.07) is 14.2. The van der Waals surface area contributed by atoms with Gasteiger partial charge in [0.05, 0.1) is 21.5 Å². The Labute approximate surface area is 240 Å². The third-order valence-corrected chi connectivity index (χ3v) is 9.24. The first-order valence-electron chi connectivity index (χ1n) is 12.3. The third kappa shape index (κ3) is 6.90. The quantitative estimate of drug-likeness (QED) is 0.218. The van der Waals surface area contributed by atoms with Crippen molar-refractivity contribution in [1.82, 2.24) is 25.2 Å². The fourth-order valence-electron chi connectivity index (χ4n) is 4.42. The molecule has 198 valence electrons. The predicted octanol–water partition coefficient (Wildman–Crippen LogP) is 6.48. The van der Waals surface area contributed by atoms with Crippen LogP contribution in [0.5, 0.6) is 0 Å². The summed E-state index contributed by atoms with van der Waals surface area (Å²) in [5.74, 6) is 1.19. The lowest BCUT2D eigenvalue weighted by Crippen LogP contribution is -2.44. The molecule has 0 bridgehead atoms. The summed E-state index contributed by atoms with van der Waals surface area (Å²) in [5.41, 5.74) is 4.10. The van der Waals surface area contributed by atoms with Crippen molar-refractivity contribution in [2.24, 2.45) is 0 Å². The fraction of sp³-hybridized carbons (Fsp3) is 0.296. The molecule has 4 aromatic rings. The van der Waals surface area contributed by atoms with Crippen LogP contribution in [0.1, 0.15) is 18.4 Å². The zero-order chi connectivity index (χ0) is 26.5. The molecule has 1 aliphatic rings. The number of anilines is 2. The van der Waals surface area contributed by atoms with Gasteiger partial charge in [-0.15, -0.1) is 11.3 Å². The van der Waals surface area contributed by atoms with Gasteiger partial charge in [-0.25, -0.2) is 9.97 Å². The monoisotopic (exact) mass is 586 g/mol. The number of halogens is 2. The molecule has 5 rings (SSSR count). The first-order valence-corrected chi connectivity index (χ1v) is 14.9. The van der Waals surface area contributed by atoms with Crippen LogP contribution in [0.15, 0.2) is 64.6 Å². The van der Waals surface area contributed by atoms with Crippen molar-refractivity contribution in [2.75, 3.05) is 30.8 Å². The van der Waals surface area contributed by atoms with E-state index in [9.17, 15) is 4.79 Å². The molecule has 38 heavy (non-hydrogen) atoms. The number of thioether (sulfide) groups is 1. The highest BCUT2D eigenvalue weighted by Gasteiger charge is 2.21. The SMILES string of the molecule is CN(c1cccc(-c2csc(SCC(=O)NC3CCN(Cc4ccc(Cl)c(Cl)c4)CC3)n2)c1)c1ncc[nH]1. The molecule has 2 aromatic carbocycles. The van der Waals surface area contributed by atoms with E-state index in [-0.39, 0.29) is 11.9 Å². The molecule has 2 aromatic heterocycles. The molecule has 2 N–H and O–H groups in total. The number of aromatic amines is 1. The summed E-state index contributed by atoms with van der Waals surface area (Å²) < 4.78 is 0.886. The summed E-state index contributed by atoms with van der Waals surface area (Å²) in [5, 5.41) is 6.40. The summed E-state index contributed by atoms with van der Waals surface area (Å²) >= 11 is 15.2. The molecule has 1 aliphatic heterocycles. The van der Waals surface area contributed by atoms with Crippen LogP contribution < -0.4 is 10.2 Å². The molecule has 0 spiro atoms. The Balaban J connectivity index is 1.08. The lowest BCUT2D eigenvalue weighted by molar-refractivity contribution is -0.119. The van der Waals surface area contributed by atoms with Crippen molar-refractivity contribution in [3.05, 3.63) is 75.8 Å². The molecule has 7 nitrogen and oxygen atoms in total. The third-order valence-electron chi connectivity index (χ3n) is 6.48. The van der Waals surface area contributed by atoms with Crippen molar-refractivity contribution in [1.29, 1.82) is 0 Å². The van der Waals surface area contributed by atoms with Crippen molar-refractivity contribution in [3.63, 3.8) is 0 Å². The van der Waals surface area contributed by atoms with Gasteiger partial charge in [-0.3, -0.25) is 9.69 Å². The Bertz CT molecular complexity index is 1370. The van der Waals surface area contributed by atoms with E-state index >= 15 is 0 Å². The van der Waals surface area contributed by atoms with E-state index in [1.54, 1.807) is 23.7 Å². The van der Waals surface area contributed by atoms with E-state index < -0.39 is 0 Å². The average molecular weight is 588 g/mol. The summed E-state index contributed by atoms with van der Waals surface area (Å²) in [6.07, 6.45) is 5.40. The number of rotatable bonds is 9. The average Bonchev–Trinajstić information content (AvgIpc) is 3.63. The molecule has 1 saturated heterocycles. The van der Waals surface area contributed by atoms with Crippen LogP contribution in [-0.2, 0) is 11.3 Å². The molecular formula is C27H28Cl2N6OS2. The number of carbonyl (C=O) groups is 1. The van der Waals surface area contributed by atoms with E-state index in [2.05, 4.69) is 26.3 Å². The van der Waals surface area contributed by atoms with Crippen LogP contribution >= 0.6 is 46.3 Å². The summed E-state index contributed by atoms with van der Waals surface area (Å²) in [4.78, 5) is 29.2. The highest BCUT2D eigenvalue weighted by molar-refractivity contribution is 8.01. The van der Waals surface area contributed by atoms with Crippen molar-refractivity contribution in [2.45, 2.75) is 29.8 Å². The smallest absolute Gasteiger partial charge is 0.230 e. The number of piperidine rings is 1. The van der Waals surface area contributed by atoms with Gasteiger partial charge in [0, 0.05) is 61.7 Å². The van der Waals surface area contributed by atoms with E-state index in [1.165, 1.54) is 11.8 Å². The van der Waals surface area contributed by atoms with Gasteiger partial charge in [0.15, 0.2) is 4.34 Å². The van der Waals surface area contributed by atoms with Crippen molar-refractivity contribution in [3.8, 4) is 11.3 Å². The highest BCUT2D eigenvalue weighted by Crippen LogP contribution is 2.31. The van der Waals surface area contributed by atoms with E-state index in [0.717, 1.165) is 65.3 Å². The number of benzene rings is 2. The maximum atomic E-state index is 12.6. The molecular weight excluding hydrogens is 559 g/mol. The Morgan fingerprint density at radius 2 is 2.05 bits per heavy atom. The maximum Gasteiger partial charge on any atom is 0.230 e. The van der Waals surface area contributed by atoms with Crippen molar-refractivity contribution < 1.29 is 4.79 Å². The van der Waals surface area contributed by atoms with Crippen LogP contribution in [0.2, 0.25) is 10.0 Å². The van der Waals surface area contributed by atoms with Gasteiger partial charge in [0.2, 0.25) is 11.9 Å². The lowest BCUT2D eigenvalue weighted by atomic mass is 10.0. The normalized spacial score (nSPS) is 14.5. The van der Waals surface area contributed by atoms with Crippen molar-refractivity contribution >= 4 is 63.8 Å². The number of aromatic nitrogens is 3. The molecule has 0 atom stereocenters. The van der Waals surface area contributed by atoms with Crippen LogP contribution in [0.25, 0.3) is 11.3 Å². The molecule has 1 fully saturated rings. The number of hydrogen-bond donors (Lipinski definition) is 2. The molecule has 11 heteroatoms. The van der Waals surface area contributed by atoms with Gasteiger partial charge >= 0.3 is 0 Å². The number of nitrogens with zero attached hydrogens (tertiary/aromatic N) is 4.